The van der Waals surface area contributed by atoms with Crippen LogP contribution < -0.4 is 10.2 Å². The van der Waals surface area contributed by atoms with Crippen molar-refractivity contribution >= 4 is 72.0 Å². The van der Waals surface area contributed by atoms with Gasteiger partial charge in [-0.05, 0) is 41.8 Å². The standard InChI is InChI=1S/C28H16BrN3O4/c29-17-11-13-18(14-12-17)30-26-20-8-4-9-21-25(20)22(15-24(26)32(35)36)28(34)31(27(21)33)23-10-3-6-16-5-1-2-7-19(16)23/h1-15,30H. The van der Waals surface area contributed by atoms with Gasteiger partial charge in [-0.3, -0.25) is 19.7 Å². The molecule has 174 valence electrons. The van der Waals surface area contributed by atoms with Gasteiger partial charge in [0.2, 0.25) is 0 Å². The van der Waals surface area contributed by atoms with Gasteiger partial charge in [-0.1, -0.05) is 64.5 Å². The minimum atomic E-state index is -0.599. The van der Waals surface area contributed by atoms with Crippen LogP contribution in [0.2, 0.25) is 0 Å². The van der Waals surface area contributed by atoms with Crippen molar-refractivity contribution in [2.24, 2.45) is 0 Å². The largest absolute Gasteiger partial charge is 0.349 e. The third kappa shape index (κ3) is 3.34. The molecule has 1 aliphatic rings. The van der Waals surface area contributed by atoms with Gasteiger partial charge in [0.15, 0.2) is 0 Å². The first-order valence-electron chi connectivity index (χ1n) is 11.1. The van der Waals surface area contributed by atoms with Gasteiger partial charge in [0.1, 0.15) is 5.69 Å². The van der Waals surface area contributed by atoms with E-state index in [1.54, 1.807) is 42.5 Å². The second-order valence-corrected chi connectivity index (χ2v) is 9.30. The van der Waals surface area contributed by atoms with Crippen molar-refractivity contribution in [1.82, 2.24) is 0 Å². The minimum absolute atomic E-state index is 0.112. The third-order valence-electron chi connectivity index (χ3n) is 6.33. The maximum absolute atomic E-state index is 13.8. The van der Waals surface area contributed by atoms with Gasteiger partial charge in [-0.15, -0.1) is 0 Å². The predicted octanol–water partition coefficient (Wildman–Crippen LogP) is 7.21. The lowest BCUT2D eigenvalue weighted by molar-refractivity contribution is -0.383. The zero-order valence-corrected chi connectivity index (χ0v) is 20.2. The summed E-state index contributed by atoms with van der Waals surface area (Å²) in [5, 5.41) is 17.7. The molecule has 0 saturated heterocycles. The molecule has 0 atom stereocenters. The summed E-state index contributed by atoms with van der Waals surface area (Å²) in [5.41, 5.74) is 1.46. The molecule has 6 rings (SSSR count). The van der Waals surface area contributed by atoms with Gasteiger partial charge in [-0.2, -0.15) is 0 Å². The molecule has 8 heteroatoms. The molecule has 36 heavy (non-hydrogen) atoms. The Hall–Kier alpha value is -4.56. The van der Waals surface area contributed by atoms with E-state index >= 15 is 0 Å². The zero-order valence-electron chi connectivity index (χ0n) is 18.6. The Morgan fingerprint density at radius 3 is 2.22 bits per heavy atom. The normalized spacial score (nSPS) is 12.9. The van der Waals surface area contributed by atoms with E-state index < -0.39 is 16.7 Å². The summed E-state index contributed by atoms with van der Waals surface area (Å²) in [4.78, 5) is 40.3. The number of carbonyl (C=O) groups excluding carboxylic acids is 2. The van der Waals surface area contributed by atoms with Crippen LogP contribution in [0.25, 0.3) is 21.5 Å². The van der Waals surface area contributed by atoms with E-state index in [9.17, 15) is 19.7 Å². The van der Waals surface area contributed by atoms with Crippen molar-refractivity contribution in [3.05, 3.63) is 117 Å². The van der Waals surface area contributed by atoms with Gasteiger partial charge in [0.25, 0.3) is 17.5 Å². The Balaban J connectivity index is 1.59. The fourth-order valence-corrected chi connectivity index (χ4v) is 4.99. The highest BCUT2D eigenvalue weighted by atomic mass is 79.9. The predicted molar refractivity (Wildman–Crippen MR) is 143 cm³/mol. The lowest BCUT2D eigenvalue weighted by Crippen LogP contribution is -2.40. The number of carbonyl (C=O) groups is 2. The first-order valence-corrected chi connectivity index (χ1v) is 11.9. The number of fused-ring (bicyclic) bond motifs is 1. The molecule has 0 unspecified atom stereocenters. The van der Waals surface area contributed by atoms with Crippen molar-refractivity contribution in [3.63, 3.8) is 0 Å². The SMILES string of the molecule is O=C1c2cccc3c(Nc4ccc(Br)cc4)c([N+](=O)[O-])cc(c23)C(=O)N1c1cccc2ccccc12. The number of nitro benzene ring substituents is 1. The highest BCUT2D eigenvalue weighted by Gasteiger charge is 2.37. The lowest BCUT2D eigenvalue weighted by Gasteiger charge is -2.28. The Bertz CT molecular complexity index is 1740. The smallest absolute Gasteiger partial charge is 0.294 e. The summed E-state index contributed by atoms with van der Waals surface area (Å²) >= 11 is 3.38. The number of benzene rings is 5. The Morgan fingerprint density at radius 2 is 1.44 bits per heavy atom. The number of nitrogens with one attached hydrogen (secondary N) is 1. The number of amides is 2. The number of hydrogen-bond donors (Lipinski definition) is 1. The van der Waals surface area contributed by atoms with E-state index in [-0.39, 0.29) is 16.9 Å². The van der Waals surface area contributed by atoms with Gasteiger partial charge in [-0.25, -0.2) is 4.90 Å². The monoisotopic (exact) mass is 537 g/mol. The second-order valence-electron chi connectivity index (χ2n) is 8.38. The van der Waals surface area contributed by atoms with Crippen LogP contribution in [0.5, 0.6) is 0 Å². The maximum atomic E-state index is 13.8. The van der Waals surface area contributed by atoms with Crippen LogP contribution in [0.1, 0.15) is 20.7 Å². The summed E-state index contributed by atoms with van der Waals surface area (Å²) in [7, 11) is 0. The van der Waals surface area contributed by atoms with Gasteiger partial charge in [0.05, 0.1) is 16.2 Å². The minimum Gasteiger partial charge on any atom is -0.349 e. The number of anilines is 3. The number of rotatable bonds is 4. The van der Waals surface area contributed by atoms with Gasteiger partial charge < -0.3 is 5.32 Å². The summed E-state index contributed by atoms with van der Waals surface area (Å²) in [6.07, 6.45) is 0. The molecule has 7 nitrogen and oxygen atoms in total. The first kappa shape index (κ1) is 21.9. The summed E-state index contributed by atoms with van der Waals surface area (Å²) in [6.45, 7) is 0. The molecule has 1 N–H and O–H groups in total. The van der Waals surface area contributed by atoms with Crippen molar-refractivity contribution in [2.45, 2.75) is 0 Å². The number of nitro groups is 1. The Kier molecular flexibility index (Phi) is 5.05. The van der Waals surface area contributed by atoms with E-state index in [2.05, 4.69) is 21.2 Å². The second kappa shape index (κ2) is 8.28. The Morgan fingerprint density at radius 1 is 0.778 bits per heavy atom. The van der Waals surface area contributed by atoms with E-state index in [0.29, 0.717) is 27.7 Å². The van der Waals surface area contributed by atoms with E-state index in [4.69, 9.17) is 0 Å². The summed E-state index contributed by atoms with van der Waals surface area (Å²) < 4.78 is 0.865. The van der Waals surface area contributed by atoms with Crippen LogP contribution >= 0.6 is 15.9 Å². The van der Waals surface area contributed by atoms with Crippen LogP contribution in [0.15, 0.2) is 95.5 Å². The molecule has 5 aromatic rings. The molecular formula is C28H16BrN3O4. The average molecular weight is 538 g/mol. The van der Waals surface area contributed by atoms with Crippen LogP contribution in [-0.2, 0) is 0 Å². The summed E-state index contributed by atoms with van der Waals surface area (Å²) in [5.74, 6) is -1.07. The highest BCUT2D eigenvalue weighted by Crippen LogP contribution is 2.43. The first-order chi connectivity index (χ1) is 17.4. The highest BCUT2D eigenvalue weighted by molar-refractivity contribution is 9.10. The number of nitrogens with zero attached hydrogens (tertiary/aromatic N) is 2. The fourth-order valence-electron chi connectivity index (χ4n) is 4.72. The molecule has 1 aliphatic heterocycles. The van der Waals surface area contributed by atoms with Gasteiger partial charge >= 0.3 is 0 Å². The molecule has 0 aromatic heterocycles. The van der Waals surface area contributed by atoms with Crippen molar-refractivity contribution < 1.29 is 14.5 Å². The van der Waals surface area contributed by atoms with Crippen molar-refractivity contribution in [2.75, 3.05) is 10.2 Å². The topological polar surface area (TPSA) is 92.5 Å². The van der Waals surface area contributed by atoms with Crippen molar-refractivity contribution in [3.8, 4) is 0 Å². The molecule has 0 spiro atoms. The summed E-state index contributed by atoms with van der Waals surface area (Å²) in [6, 6.07) is 26.3. The molecule has 0 aliphatic carbocycles. The third-order valence-corrected chi connectivity index (χ3v) is 6.85. The average Bonchev–Trinajstić information content (AvgIpc) is 2.89. The molecular weight excluding hydrogens is 522 g/mol. The van der Waals surface area contributed by atoms with E-state index in [1.807, 2.05) is 42.5 Å². The van der Waals surface area contributed by atoms with Crippen LogP contribution in [-0.4, -0.2) is 16.7 Å². The zero-order chi connectivity index (χ0) is 25.0. The molecule has 0 bridgehead atoms. The lowest BCUT2D eigenvalue weighted by atomic mass is 9.91. The van der Waals surface area contributed by atoms with Crippen LogP contribution in [0.3, 0.4) is 0 Å². The molecule has 2 amide bonds. The van der Waals surface area contributed by atoms with Crippen molar-refractivity contribution in [1.29, 1.82) is 0 Å². The maximum Gasteiger partial charge on any atom is 0.294 e. The Labute approximate surface area is 213 Å². The number of halogens is 1. The fraction of sp³-hybridized carbons (Fsp3) is 0. The molecule has 0 radical (unpaired) electrons. The van der Waals surface area contributed by atoms with Crippen LogP contribution in [0.4, 0.5) is 22.7 Å². The molecule has 1 heterocycles. The molecule has 0 saturated carbocycles. The van der Waals surface area contributed by atoms with Gasteiger partial charge in [0, 0.05) is 37.9 Å². The quantitative estimate of drug-likeness (QED) is 0.148. The van der Waals surface area contributed by atoms with Crippen LogP contribution in [0, 0.1) is 10.1 Å². The molecule has 5 aromatic carbocycles. The van der Waals surface area contributed by atoms with E-state index in [0.717, 1.165) is 20.1 Å². The number of hydrogen-bond acceptors (Lipinski definition) is 5. The van der Waals surface area contributed by atoms with E-state index in [1.165, 1.54) is 6.07 Å². The molecule has 0 fully saturated rings. The number of imide groups is 1.